The van der Waals surface area contributed by atoms with Crippen LogP contribution in [0.5, 0.6) is 0 Å². The van der Waals surface area contributed by atoms with Crippen LogP contribution >= 0.6 is 11.8 Å². The Kier molecular flexibility index (Phi) is 5.60. The molecule has 0 saturated heterocycles. The summed E-state index contributed by atoms with van der Waals surface area (Å²) < 4.78 is 3.91. The first-order chi connectivity index (χ1) is 13.0. The van der Waals surface area contributed by atoms with E-state index in [1.807, 2.05) is 41.6 Å². The standard InChI is InChI=1S/C18H20N6O2S/c1-23-9-5-6-12(23)10-15-21-22-18(24(15)2)27-11-16(25)20-14-8-4-3-7-13(14)17(19)26/h3-9H,10-11H2,1-2H3,(H2,19,26)(H,20,25). The Hall–Kier alpha value is -3.07. The van der Waals surface area contributed by atoms with Crippen LogP contribution in [0.2, 0.25) is 0 Å². The highest BCUT2D eigenvalue weighted by Gasteiger charge is 2.14. The number of hydrogen-bond donors (Lipinski definition) is 2. The van der Waals surface area contributed by atoms with Crippen LogP contribution in [-0.4, -0.2) is 36.9 Å². The molecule has 1 aromatic carbocycles. The molecule has 2 heterocycles. The van der Waals surface area contributed by atoms with E-state index in [2.05, 4.69) is 15.5 Å². The lowest BCUT2D eigenvalue weighted by atomic mass is 10.1. The van der Waals surface area contributed by atoms with Crippen molar-refractivity contribution in [1.82, 2.24) is 19.3 Å². The molecule has 2 aromatic heterocycles. The highest BCUT2D eigenvalue weighted by atomic mass is 32.2. The average molecular weight is 384 g/mol. The van der Waals surface area contributed by atoms with E-state index in [1.54, 1.807) is 24.3 Å². The molecule has 0 spiro atoms. The lowest BCUT2D eigenvalue weighted by Crippen LogP contribution is -2.19. The average Bonchev–Trinajstić information content (AvgIpc) is 3.20. The molecule has 3 rings (SSSR count). The molecule has 0 atom stereocenters. The Bertz CT molecular complexity index is 978. The molecule has 0 aliphatic carbocycles. The summed E-state index contributed by atoms with van der Waals surface area (Å²) in [7, 11) is 3.86. The molecule has 3 aromatic rings. The zero-order valence-corrected chi connectivity index (χ0v) is 15.9. The van der Waals surface area contributed by atoms with Crippen LogP contribution in [-0.2, 0) is 25.3 Å². The van der Waals surface area contributed by atoms with Gasteiger partial charge in [-0.25, -0.2) is 0 Å². The largest absolute Gasteiger partial charge is 0.366 e. The van der Waals surface area contributed by atoms with E-state index in [1.165, 1.54) is 11.8 Å². The Balaban J connectivity index is 1.61. The van der Waals surface area contributed by atoms with Gasteiger partial charge in [-0.15, -0.1) is 10.2 Å². The fourth-order valence-corrected chi connectivity index (χ4v) is 3.32. The third kappa shape index (κ3) is 4.37. The second kappa shape index (κ2) is 8.09. The number of nitrogens with one attached hydrogen (secondary N) is 1. The summed E-state index contributed by atoms with van der Waals surface area (Å²) in [6, 6.07) is 10.7. The SMILES string of the molecule is Cn1cccc1Cc1nnc(SCC(=O)Nc2ccccc2C(N)=O)n1C. The molecule has 0 unspecified atom stereocenters. The minimum absolute atomic E-state index is 0.142. The fourth-order valence-electron chi connectivity index (χ4n) is 2.59. The van der Waals surface area contributed by atoms with Crippen LogP contribution < -0.4 is 11.1 Å². The number of para-hydroxylation sites is 1. The van der Waals surface area contributed by atoms with Crippen molar-refractivity contribution in [2.24, 2.45) is 19.8 Å². The summed E-state index contributed by atoms with van der Waals surface area (Å²) in [6.07, 6.45) is 2.64. The van der Waals surface area contributed by atoms with E-state index < -0.39 is 5.91 Å². The van der Waals surface area contributed by atoms with Gasteiger partial charge in [0.05, 0.1) is 17.0 Å². The molecule has 3 N–H and O–H groups in total. The second-order valence-electron chi connectivity index (χ2n) is 5.99. The number of anilines is 1. The van der Waals surface area contributed by atoms with Crippen molar-refractivity contribution in [1.29, 1.82) is 0 Å². The summed E-state index contributed by atoms with van der Waals surface area (Å²) in [6.45, 7) is 0. The molecule has 0 aliphatic rings. The molecule has 140 valence electrons. The van der Waals surface area contributed by atoms with Gasteiger partial charge in [-0.3, -0.25) is 9.59 Å². The van der Waals surface area contributed by atoms with E-state index in [-0.39, 0.29) is 17.2 Å². The van der Waals surface area contributed by atoms with Crippen molar-refractivity contribution >= 4 is 29.3 Å². The second-order valence-corrected chi connectivity index (χ2v) is 6.93. The maximum atomic E-state index is 12.2. The number of nitrogens with two attached hydrogens (primary N) is 1. The van der Waals surface area contributed by atoms with Gasteiger partial charge >= 0.3 is 0 Å². The molecular weight excluding hydrogens is 364 g/mol. The highest BCUT2D eigenvalue weighted by Crippen LogP contribution is 2.19. The van der Waals surface area contributed by atoms with Crippen molar-refractivity contribution in [3.63, 3.8) is 0 Å². The number of hydrogen-bond acceptors (Lipinski definition) is 5. The van der Waals surface area contributed by atoms with Crippen molar-refractivity contribution in [2.45, 2.75) is 11.6 Å². The Morgan fingerprint density at radius 2 is 1.93 bits per heavy atom. The summed E-state index contributed by atoms with van der Waals surface area (Å²) >= 11 is 1.28. The molecule has 2 amide bonds. The van der Waals surface area contributed by atoms with Crippen molar-refractivity contribution in [3.05, 3.63) is 59.7 Å². The normalized spacial score (nSPS) is 10.7. The van der Waals surface area contributed by atoms with Crippen molar-refractivity contribution < 1.29 is 9.59 Å². The van der Waals surface area contributed by atoms with Crippen molar-refractivity contribution in [3.8, 4) is 0 Å². The van der Waals surface area contributed by atoms with Crippen LogP contribution in [0.3, 0.4) is 0 Å². The predicted molar refractivity (Wildman–Crippen MR) is 104 cm³/mol. The van der Waals surface area contributed by atoms with Crippen LogP contribution in [0.25, 0.3) is 0 Å². The number of thioether (sulfide) groups is 1. The molecule has 27 heavy (non-hydrogen) atoms. The minimum Gasteiger partial charge on any atom is -0.366 e. The number of amides is 2. The van der Waals surface area contributed by atoms with Gasteiger partial charge in [-0.1, -0.05) is 23.9 Å². The zero-order valence-electron chi connectivity index (χ0n) is 15.0. The third-order valence-electron chi connectivity index (χ3n) is 4.11. The van der Waals surface area contributed by atoms with E-state index in [4.69, 9.17) is 5.73 Å². The Morgan fingerprint density at radius 1 is 1.15 bits per heavy atom. The topological polar surface area (TPSA) is 108 Å². The van der Waals surface area contributed by atoms with Gasteiger partial charge in [0, 0.05) is 32.4 Å². The van der Waals surface area contributed by atoms with Gasteiger partial charge in [0.25, 0.3) is 5.91 Å². The van der Waals surface area contributed by atoms with E-state index in [0.717, 1.165) is 11.5 Å². The minimum atomic E-state index is -0.586. The first-order valence-corrected chi connectivity index (χ1v) is 9.24. The van der Waals surface area contributed by atoms with Crippen LogP contribution in [0.4, 0.5) is 5.69 Å². The first kappa shape index (κ1) is 18.7. The fraction of sp³-hybridized carbons (Fsp3) is 0.222. The summed E-state index contributed by atoms with van der Waals surface area (Å²) in [5.41, 5.74) is 7.13. The quantitative estimate of drug-likeness (QED) is 0.601. The summed E-state index contributed by atoms with van der Waals surface area (Å²) in [5.74, 6) is 0.125. The molecule has 0 bridgehead atoms. The molecular formula is C18H20N6O2S. The maximum absolute atomic E-state index is 12.2. The smallest absolute Gasteiger partial charge is 0.250 e. The van der Waals surface area contributed by atoms with E-state index >= 15 is 0 Å². The highest BCUT2D eigenvalue weighted by molar-refractivity contribution is 7.99. The number of aromatic nitrogens is 4. The molecule has 0 aliphatic heterocycles. The number of carbonyl (C=O) groups excluding carboxylic acids is 2. The maximum Gasteiger partial charge on any atom is 0.250 e. The first-order valence-electron chi connectivity index (χ1n) is 8.25. The lowest BCUT2D eigenvalue weighted by molar-refractivity contribution is -0.113. The van der Waals surface area contributed by atoms with Crippen LogP contribution in [0.1, 0.15) is 21.9 Å². The summed E-state index contributed by atoms with van der Waals surface area (Å²) in [4.78, 5) is 23.7. The van der Waals surface area contributed by atoms with Crippen molar-refractivity contribution in [2.75, 3.05) is 11.1 Å². The predicted octanol–water partition coefficient (Wildman–Crippen LogP) is 1.57. The molecule has 0 saturated carbocycles. The van der Waals surface area contributed by atoms with E-state index in [9.17, 15) is 9.59 Å². The number of benzene rings is 1. The summed E-state index contributed by atoms with van der Waals surface area (Å²) in [5, 5.41) is 11.7. The molecule has 0 radical (unpaired) electrons. The van der Waals surface area contributed by atoms with Crippen LogP contribution in [0, 0.1) is 0 Å². The third-order valence-corrected chi connectivity index (χ3v) is 5.13. The molecule has 0 fully saturated rings. The Labute approximate surface area is 160 Å². The number of primary amides is 1. The number of rotatable bonds is 7. The lowest BCUT2D eigenvalue weighted by Gasteiger charge is -2.08. The van der Waals surface area contributed by atoms with Gasteiger partial charge in [0.2, 0.25) is 5.91 Å². The van der Waals surface area contributed by atoms with Gasteiger partial charge in [-0.2, -0.15) is 0 Å². The number of carbonyl (C=O) groups is 2. The van der Waals surface area contributed by atoms with Gasteiger partial charge in [-0.05, 0) is 24.3 Å². The van der Waals surface area contributed by atoms with Crippen LogP contribution in [0.15, 0.2) is 47.8 Å². The molecule has 9 heteroatoms. The van der Waals surface area contributed by atoms with Gasteiger partial charge in [0.1, 0.15) is 5.82 Å². The number of nitrogens with zero attached hydrogens (tertiary/aromatic N) is 4. The molecule has 8 nitrogen and oxygen atoms in total. The van der Waals surface area contributed by atoms with Gasteiger partial charge < -0.3 is 20.2 Å². The number of aryl methyl sites for hydroxylation is 1. The zero-order chi connectivity index (χ0) is 19.4. The van der Waals surface area contributed by atoms with Gasteiger partial charge in [0.15, 0.2) is 5.16 Å². The Morgan fingerprint density at radius 3 is 2.63 bits per heavy atom. The monoisotopic (exact) mass is 384 g/mol. The van der Waals surface area contributed by atoms with E-state index in [0.29, 0.717) is 17.3 Å².